The first-order chi connectivity index (χ1) is 9.54. The first-order valence-corrected chi connectivity index (χ1v) is 8.00. The quantitative estimate of drug-likeness (QED) is 0.735. The Morgan fingerprint density at radius 2 is 2.05 bits per heavy atom. The van der Waals surface area contributed by atoms with E-state index in [0.717, 1.165) is 12.8 Å². The third-order valence-electron chi connectivity index (χ3n) is 4.26. The lowest BCUT2D eigenvalue weighted by Gasteiger charge is -2.20. The molecule has 0 radical (unpaired) electrons. The third kappa shape index (κ3) is 5.89. The van der Waals surface area contributed by atoms with Gasteiger partial charge in [-0.1, -0.05) is 45.6 Å². The van der Waals surface area contributed by atoms with E-state index < -0.39 is 5.97 Å². The van der Waals surface area contributed by atoms with Crippen molar-refractivity contribution in [1.29, 1.82) is 0 Å². The average Bonchev–Trinajstić information content (AvgIpc) is 2.45. The number of hydrogen-bond donors (Lipinski definition) is 1. The Morgan fingerprint density at radius 3 is 2.70 bits per heavy atom. The minimum atomic E-state index is -0.815. The molecule has 0 saturated carbocycles. The number of rotatable bonds is 6. The van der Waals surface area contributed by atoms with Crippen molar-refractivity contribution in [2.24, 2.45) is 11.8 Å². The minimum absolute atomic E-state index is 0.236. The summed E-state index contributed by atoms with van der Waals surface area (Å²) in [6.45, 7) is 4.27. The molecule has 1 N–H and O–H groups in total. The Balaban J connectivity index is 2.74. The van der Waals surface area contributed by atoms with Gasteiger partial charge in [0, 0.05) is 18.4 Å². The zero-order valence-corrected chi connectivity index (χ0v) is 12.9. The topological polar surface area (TPSA) is 54.4 Å². The number of carboxylic acid groups (broad SMARTS) is 1. The van der Waals surface area contributed by atoms with Gasteiger partial charge in [-0.15, -0.1) is 0 Å². The van der Waals surface area contributed by atoms with E-state index in [1.54, 1.807) is 0 Å². The normalized spacial score (nSPS) is 27.1. The van der Waals surface area contributed by atoms with Gasteiger partial charge in [-0.05, 0) is 31.1 Å². The number of unbranched alkanes of at least 4 members (excludes halogenated alkanes) is 3. The maximum Gasteiger partial charge on any atom is 0.331 e. The fourth-order valence-corrected chi connectivity index (χ4v) is 2.95. The summed E-state index contributed by atoms with van der Waals surface area (Å²) in [6.07, 6.45) is 10.0. The van der Waals surface area contributed by atoms with Gasteiger partial charge in [-0.2, -0.15) is 0 Å². The first-order valence-electron chi connectivity index (χ1n) is 8.00. The summed E-state index contributed by atoms with van der Waals surface area (Å²) >= 11 is 0. The highest BCUT2D eigenvalue weighted by Gasteiger charge is 2.22. The molecule has 0 aromatic carbocycles. The average molecular weight is 280 g/mol. The monoisotopic (exact) mass is 280 g/mol. The van der Waals surface area contributed by atoms with E-state index in [-0.39, 0.29) is 17.6 Å². The van der Waals surface area contributed by atoms with Crippen molar-refractivity contribution in [3.63, 3.8) is 0 Å². The second-order valence-corrected chi connectivity index (χ2v) is 6.08. The minimum Gasteiger partial charge on any atom is -0.478 e. The molecule has 114 valence electrons. The molecule has 0 aromatic rings. The molecule has 0 spiro atoms. The highest BCUT2D eigenvalue weighted by atomic mass is 16.4. The van der Waals surface area contributed by atoms with Crippen LogP contribution in [0.15, 0.2) is 11.6 Å². The third-order valence-corrected chi connectivity index (χ3v) is 4.26. The molecule has 2 atom stereocenters. The summed E-state index contributed by atoms with van der Waals surface area (Å²) in [6, 6.07) is 0. The van der Waals surface area contributed by atoms with Gasteiger partial charge in [-0.25, -0.2) is 4.79 Å². The number of carbonyl (C=O) groups excluding carboxylic acids is 1. The number of hydrogen-bond acceptors (Lipinski definition) is 2. The Kier molecular flexibility index (Phi) is 7.56. The van der Waals surface area contributed by atoms with Crippen molar-refractivity contribution in [3.8, 4) is 0 Å². The summed E-state index contributed by atoms with van der Waals surface area (Å²) in [5, 5.41) is 9.27. The lowest BCUT2D eigenvalue weighted by Crippen LogP contribution is -2.14. The van der Waals surface area contributed by atoms with Crippen molar-refractivity contribution in [3.05, 3.63) is 11.6 Å². The standard InChI is InChI=1S/C17H28O3/c1-3-4-5-6-8-14-12-15(17(19)20)9-7-10-16(18)11-13(14)2/h12-14H,3-11H2,1-2H3,(H,19,20)/b15-12-/t13?,14-/m1/s1. The van der Waals surface area contributed by atoms with E-state index in [1.165, 1.54) is 19.3 Å². The highest BCUT2D eigenvalue weighted by molar-refractivity contribution is 5.87. The Bertz CT molecular complexity index is 357. The molecule has 1 aliphatic rings. The van der Waals surface area contributed by atoms with Gasteiger partial charge < -0.3 is 5.11 Å². The molecule has 0 bridgehead atoms. The maximum absolute atomic E-state index is 11.8. The highest BCUT2D eigenvalue weighted by Crippen LogP contribution is 2.28. The van der Waals surface area contributed by atoms with E-state index in [1.807, 2.05) is 6.08 Å². The van der Waals surface area contributed by atoms with Crippen LogP contribution in [0.3, 0.4) is 0 Å². The zero-order chi connectivity index (χ0) is 15.0. The van der Waals surface area contributed by atoms with Gasteiger partial charge in [0.25, 0.3) is 0 Å². The van der Waals surface area contributed by atoms with E-state index >= 15 is 0 Å². The molecule has 0 heterocycles. The fourth-order valence-electron chi connectivity index (χ4n) is 2.95. The number of ketones is 1. The van der Waals surface area contributed by atoms with Crippen LogP contribution in [-0.2, 0) is 9.59 Å². The predicted molar refractivity (Wildman–Crippen MR) is 80.6 cm³/mol. The van der Waals surface area contributed by atoms with Gasteiger partial charge in [0.15, 0.2) is 0 Å². The van der Waals surface area contributed by atoms with Crippen molar-refractivity contribution >= 4 is 11.8 Å². The summed E-state index contributed by atoms with van der Waals surface area (Å²) in [4.78, 5) is 23.1. The van der Waals surface area contributed by atoms with E-state index in [4.69, 9.17) is 0 Å². The molecule has 0 aliphatic heterocycles. The molecule has 1 unspecified atom stereocenters. The van der Waals surface area contributed by atoms with E-state index in [2.05, 4.69) is 13.8 Å². The van der Waals surface area contributed by atoms with Gasteiger partial charge >= 0.3 is 5.97 Å². The molecule has 0 fully saturated rings. The molecule has 3 nitrogen and oxygen atoms in total. The Labute approximate surface area is 122 Å². The predicted octanol–water partition coefficient (Wildman–Crippen LogP) is 4.36. The number of carboxylic acids is 1. The molecule has 0 saturated heterocycles. The second kappa shape index (κ2) is 8.93. The van der Waals surface area contributed by atoms with Crippen molar-refractivity contribution < 1.29 is 14.7 Å². The van der Waals surface area contributed by atoms with Crippen LogP contribution >= 0.6 is 0 Å². The number of aliphatic carboxylic acids is 1. The first kappa shape index (κ1) is 16.9. The molecule has 1 rings (SSSR count). The summed E-state index contributed by atoms with van der Waals surface area (Å²) in [7, 11) is 0. The molecule has 20 heavy (non-hydrogen) atoms. The number of allylic oxidation sites excluding steroid dienone is 1. The van der Waals surface area contributed by atoms with Crippen LogP contribution in [0.5, 0.6) is 0 Å². The van der Waals surface area contributed by atoms with Crippen LogP contribution in [-0.4, -0.2) is 16.9 Å². The zero-order valence-electron chi connectivity index (χ0n) is 12.9. The summed E-state index contributed by atoms with van der Waals surface area (Å²) in [5.74, 6) is -0.0298. The van der Waals surface area contributed by atoms with Gasteiger partial charge in [0.2, 0.25) is 0 Å². The fraction of sp³-hybridized carbons (Fsp3) is 0.765. The SMILES string of the molecule is CCCCCC[C@@H]1/C=C(\C(=O)O)CCCC(=O)CC1C. The molecule has 1 aliphatic carbocycles. The van der Waals surface area contributed by atoms with Crippen LogP contribution in [0.1, 0.15) is 71.6 Å². The molecular formula is C17H28O3. The van der Waals surface area contributed by atoms with Crippen LogP contribution in [0.25, 0.3) is 0 Å². The largest absolute Gasteiger partial charge is 0.478 e. The maximum atomic E-state index is 11.8. The molecule has 3 heteroatoms. The van der Waals surface area contributed by atoms with E-state index in [0.29, 0.717) is 31.3 Å². The van der Waals surface area contributed by atoms with Crippen molar-refractivity contribution in [2.75, 3.05) is 0 Å². The van der Waals surface area contributed by atoms with Gasteiger partial charge in [0.1, 0.15) is 5.78 Å². The second-order valence-electron chi connectivity index (χ2n) is 6.08. The van der Waals surface area contributed by atoms with Crippen LogP contribution in [0.2, 0.25) is 0 Å². The molecule has 0 aromatic heterocycles. The van der Waals surface area contributed by atoms with Crippen LogP contribution in [0, 0.1) is 11.8 Å². The molecular weight excluding hydrogens is 252 g/mol. The van der Waals surface area contributed by atoms with Gasteiger partial charge in [-0.3, -0.25) is 4.79 Å². The lowest BCUT2D eigenvalue weighted by molar-refractivity contribution is -0.133. The summed E-state index contributed by atoms with van der Waals surface area (Å²) in [5.41, 5.74) is 0.507. The molecule has 0 amide bonds. The number of Topliss-reactive ketones (excluding diaryl/α,β-unsaturated/α-hetero) is 1. The van der Waals surface area contributed by atoms with Crippen LogP contribution in [0.4, 0.5) is 0 Å². The van der Waals surface area contributed by atoms with Crippen molar-refractivity contribution in [2.45, 2.75) is 71.6 Å². The van der Waals surface area contributed by atoms with Crippen molar-refractivity contribution in [1.82, 2.24) is 0 Å². The van der Waals surface area contributed by atoms with Crippen LogP contribution < -0.4 is 0 Å². The van der Waals surface area contributed by atoms with Gasteiger partial charge in [0.05, 0.1) is 0 Å². The Hall–Kier alpha value is -1.12. The van der Waals surface area contributed by atoms with E-state index in [9.17, 15) is 14.7 Å². The smallest absolute Gasteiger partial charge is 0.331 e. The lowest BCUT2D eigenvalue weighted by atomic mass is 9.84. The number of carbonyl (C=O) groups is 2. The summed E-state index contributed by atoms with van der Waals surface area (Å²) < 4.78 is 0. The Morgan fingerprint density at radius 1 is 1.30 bits per heavy atom.